The summed E-state index contributed by atoms with van der Waals surface area (Å²) in [6.07, 6.45) is -0.289. The maximum Gasteiger partial charge on any atom is 0.337 e. The van der Waals surface area contributed by atoms with Gasteiger partial charge in [0.1, 0.15) is 11.9 Å². The summed E-state index contributed by atoms with van der Waals surface area (Å²) >= 11 is 0. The second kappa shape index (κ2) is 9.73. The van der Waals surface area contributed by atoms with Gasteiger partial charge in [0, 0.05) is 6.54 Å². The lowest BCUT2D eigenvalue weighted by molar-refractivity contribution is -0.122. The summed E-state index contributed by atoms with van der Waals surface area (Å²) in [5.74, 6) is -2.17. The molecule has 1 atom stereocenters. The van der Waals surface area contributed by atoms with E-state index in [2.05, 4.69) is 4.74 Å². The number of esters is 1. The molecule has 9 nitrogen and oxygen atoms in total. The Balaban J connectivity index is 1.48. The van der Waals surface area contributed by atoms with Crippen molar-refractivity contribution in [1.82, 2.24) is 4.90 Å². The molecule has 10 heteroatoms. The van der Waals surface area contributed by atoms with Gasteiger partial charge in [0.25, 0.3) is 11.8 Å². The van der Waals surface area contributed by atoms with Crippen LogP contribution in [0.1, 0.15) is 32.7 Å². The molecule has 3 aromatic carbocycles. The quantitative estimate of drug-likeness (QED) is 0.375. The largest absolute Gasteiger partial charge is 0.465 e. The third-order valence-electron chi connectivity index (χ3n) is 6.20. The lowest BCUT2D eigenvalue weighted by atomic mass is 10.1. The van der Waals surface area contributed by atoms with Crippen LogP contribution in [0.5, 0.6) is 11.5 Å². The van der Waals surface area contributed by atoms with E-state index in [1.807, 2.05) is 0 Å². The lowest BCUT2D eigenvalue weighted by Gasteiger charge is -2.28. The summed E-state index contributed by atoms with van der Waals surface area (Å²) in [5, 5.41) is 0. The molecule has 0 bridgehead atoms. The number of imide groups is 1. The zero-order chi connectivity index (χ0) is 26.1. The molecule has 0 radical (unpaired) electrons. The predicted molar refractivity (Wildman–Crippen MR) is 128 cm³/mol. The molecule has 2 heterocycles. The van der Waals surface area contributed by atoms with Gasteiger partial charge >= 0.3 is 5.97 Å². The first-order valence-corrected chi connectivity index (χ1v) is 11.4. The zero-order valence-corrected chi connectivity index (χ0v) is 19.7. The number of benzene rings is 3. The highest BCUT2D eigenvalue weighted by Crippen LogP contribution is 2.34. The summed E-state index contributed by atoms with van der Waals surface area (Å²) in [4.78, 5) is 53.9. The number of halogens is 1. The predicted octanol–water partition coefficient (Wildman–Crippen LogP) is 3.32. The van der Waals surface area contributed by atoms with Gasteiger partial charge in [0.05, 0.1) is 30.3 Å². The molecule has 5 rings (SSSR count). The van der Waals surface area contributed by atoms with Crippen LogP contribution in [-0.2, 0) is 20.9 Å². The third kappa shape index (κ3) is 4.49. The van der Waals surface area contributed by atoms with Gasteiger partial charge in [-0.05, 0) is 54.1 Å². The Labute approximate surface area is 210 Å². The van der Waals surface area contributed by atoms with Gasteiger partial charge in [-0.1, -0.05) is 18.2 Å². The number of anilines is 1. The standard InChI is InChI=1S/C27H21FN2O7/c1-35-27(34)17-7-9-18(10-8-17)30-24(31)13-21(26(30)33)29(25(32)19-4-2-3-5-20(19)28)14-16-6-11-22-23(12-16)37-15-36-22/h2-12,21H,13-15H2,1H3. The van der Waals surface area contributed by atoms with Crippen LogP contribution < -0.4 is 14.4 Å². The van der Waals surface area contributed by atoms with Crippen LogP contribution in [0.2, 0.25) is 0 Å². The Bertz CT molecular complexity index is 1410. The number of ether oxygens (including phenoxy) is 3. The van der Waals surface area contributed by atoms with Gasteiger partial charge in [-0.25, -0.2) is 14.1 Å². The van der Waals surface area contributed by atoms with Gasteiger partial charge in [-0.3, -0.25) is 14.4 Å². The number of carbonyl (C=O) groups is 4. The number of carbonyl (C=O) groups excluding carboxylic acids is 4. The van der Waals surface area contributed by atoms with E-state index in [-0.39, 0.29) is 36.6 Å². The van der Waals surface area contributed by atoms with E-state index in [0.29, 0.717) is 17.1 Å². The molecule has 2 aliphatic heterocycles. The normalized spacial score (nSPS) is 16.2. The fraction of sp³-hybridized carbons (Fsp3) is 0.185. The van der Waals surface area contributed by atoms with Gasteiger partial charge in [0.15, 0.2) is 11.5 Å². The van der Waals surface area contributed by atoms with Crippen molar-refractivity contribution >= 4 is 29.4 Å². The number of amides is 3. The number of fused-ring (bicyclic) bond motifs is 1. The second-order valence-corrected chi connectivity index (χ2v) is 8.43. The molecule has 0 N–H and O–H groups in total. The van der Waals surface area contributed by atoms with Crippen molar-refractivity contribution in [1.29, 1.82) is 0 Å². The first-order valence-electron chi connectivity index (χ1n) is 11.4. The van der Waals surface area contributed by atoms with E-state index in [0.717, 1.165) is 11.0 Å². The Morgan fingerprint density at radius 2 is 1.76 bits per heavy atom. The Morgan fingerprint density at radius 3 is 2.49 bits per heavy atom. The summed E-state index contributed by atoms with van der Waals surface area (Å²) < 4.78 is 30.0. The van der Waals surface area contributed by atoms with Crippen LogP contribution in [0.3, 0.4) is 0 Å². The lowest BCUT2D eigenvalue weighted by Crippen LogP contribution is -2.45. The van der Waals surface area contributed by atoms with Crippen molar-refractivity contribution < 1.29 is 37.8 Å². The van der Waals surface area contributed by atoms with Crippen LogP contribution >= 0.6 is 0 Å². The molecule has 1 fully saturated rings. The van der Waals surface area contributed by atoms with Crippen molar-refractivity contribution in [2.45, 2.75) is 19.0 Å². The molecule has 0 saturated carbocycles. The fourth-order valence-electron chi connectivity index (χ4n) is 4.34. The highest BCUT2D eigenvalue weighted by atomic mass is 19.1. The monoisotopic (exact) mass is 504 g/mol. The minimum absolute atomic E-state index is 0.0655. The minimum Gasteiger partial charge on any atom is -0.465 e. The van der Waals surface area contributed by atoms with Gasteiger partial charge in [-0.2, -0.15) is 0 Å². The number of nitrogens with zero attached hydrogens (tertiary/aromatic N) is 2. The Kier molecular flexibility index (Phi) is 6.31. The molecule has 2 aliphatic rings. The van der Waals surface area contributed by atoms with Crippen molar-refractivity contribution in [3.63, 3.8) is 0 Å². The minimum atomic E-state index is -1.18. The number of methoxy groups -OCH3 is 1. The van der Waals surface area contributed by atoms with Crippen LogP contribution in [0, 0.1) is 5.82 Å². The van der Waals surface area contributed by atoms with E-state index in [9.17, 15) is 23.6 Å². The van der Waals surface area contributed by atoms with Crippen LogP contribution in [0.4, 0.5) is 10.1 Å². The van der Waals surface area contributed by atoms with Gasteiger partial charge in [-0.15, -0.1) is 0 Å². The maximum atomic E-state index is 14.6. The summed E-state index contributed by atoms with van der Waals surface area (Å²) in [6.45, 7) is -0.0153. The highest BCUT2D eigenvalue weighted by molar-refractivity contribution is 6.23. The smallest absolute Gasteiger partial charge is 0.337 e. The molecule has 188 valence electrons. The topological polar surface area (TPSA) is 102 Å². The molecule has 37 heavy (non-hydrogen) atoms. The first kappa shape index (κ1) is 24.0. The molecule has 3 aromatic rings. The Hall–Kier alpha value is -4.73. The van der Waals surface area contributed by atoms with E-state index in [1.165, 1.54) is 54.5 Å². The molecule has 1 saturated heterocycles. The van der Waals surface area contributed by atoms with Gasteiger partial charge < -0.3 is 19.1 Å². The number of rotatable bonds is 6. The van der Waals surface area contributed by atoms with Crippen LogP contribution in [0.25, 0.3) is 0 Å². The summed E-state index contributed by atoms with van der Waals surface area (Å²) in [5.41, 5.74) is 0.882. The molecule has 1 unspecified atom stereocenters. The molecule has 0 aromatic heterocycles. The summed E-state index contributed by atoms with van der Waals surface area (Å²) in [7, 11) is 1.25. The zero-order valence-electron chi connectivity index (χ0n) is 19.7. The highest BCUT2D eigenvalue weighted by Gasteiger charge is 2.45. The van der Waals surface area contributed by atoms with E-state index in [4.69, 9.17) is 9.47 Å². The summed E-state index contributed by atoms with van der Waals surface area (Å²) in [6, 6.07) is 15.1. The van der Waals surface area contributed by atoms with Crippen molar-refractivity contribution in [2.75, 3.05) is 18.8 Å². The van der Waals surface area contributed by atoms with Crippen LogP contribution in [-0.4, -0.2) is 48.5 Å². The van der Waals surface area contributed by atoms with Crippen molar-refractivity contribution in [3.05, 3.63) is 89.2 Å². The fourth-order valence-corrected chi connectivity index (χ4v) is 4.34. The molecular weight excluding hydrogens is 483 g/mol. The average molecular weight is 504 g/mol. The van der Waals surface area contributed by atoms with Crippen molar-refractivity contribution in [3.8, 4) is 11.5 Å². The molecule has 0 spiro atoms. The number of hydrogen-bond acceptors (Lipinski definition) is 7. The molecule has 0 aliphatic carbocycles. The first-order chi connectivity index (χ1) is 17.9. The Morgan fingerprint density at radius 1 is 1.03 bits per heavy atom. The molecule has 3 amide bonds. The molecular formula is C27H21FN2O7. The van der Waals surface area contributed by atoms with E-state index >= 15 is 0 Å². The average Bonchev–Trinajstić information content (AvgIpc) is 3.50. The van der Waals surface area contributed by atoms with Gasteiger partial charge in [0.2, 0.25) is 12.7 Å². The van der Waals surface area contributed by atoms with E-state index < -0.39 is 35.5 Å². The SMILES string of the molecule is COC(=O)c1ccc(N2C(=O)CC(N(Cc3ccc4c(c3)OCO4)C(=O)c3ccccc3F)C2=O)cc1. The van der Waals surface area contributed by atoms with Crippen LogP contribution in [0.15, 0.2) is 66.7 Å². The van der Waals surface area contributed by atoms with Crippen molar-refractivity contribution in [2.24, 2.45) is 0 Å². The second-order valence-electron chi connectivity index (χ2n) is 8.43. The third-order valence-corrected chi connectivity index (χ3v) is 6.20. The maximum absolute atomic E-state index is 14.6. The van der Waals surface area contributed by atoms with E-state index in [1.54, 1.807) is 18.2 Å². The number of hydrogen-bond donors (Lipinski definition) is 0.